The monoisotopic (exact) mass is 423 g/mol. The third kappa shape index (κ3) is 5.33. The first kappa shape index (κ1) is 22.6. The van der Waals surface area contributed by atoms with Crippen LogP contribution in [-0.2, 0) is 0 Å². The van der Waals surface area contributed by atoms with Crippen LogP contribution in [0.2, 0.25) is 0 Å². The van der Waals surface area contributed by atoms with Crippen molar-refractivity contribution in [3.05, 3.63) is 18.0 Å². The Kier molecular flexibility index (Phi) is 7.99. The van der Waals surface area contributed by atoms with E-state index in [4.69, 9.17) is 0 Å². The van der Waals surface area contributed by atoms with Gasteiger partial charge in [-0.3, -0.25) is 14.4 Å². The Morgan fingerprint density at radius 2 is 1.79 bits per heavy atom. The van der Waals surface area contributed by atoms with E-state index in [1.165, 1.54) is 32.1 Å². The standard InChI is InChI=1S/C22H37N5O.ClH/c1-17(2)18-5-7-19(8-6-18)25-12-14-26(15-13-25)22(28)21-9-11-27(24-21)20-4-3-10-23-16-20;/h9,11,17-20,23H,3-8,10,12-16H2,1-2H3;1H. The molecule has 1 aliphatic carbocycles. The van der Waals surface area contributed by atoms with Crippen molar-refractivity contribution in [2.24, 2.45) is 11.8 Å². The number of halogens is 1. The highest BCUT2D eigenvalue weighted by Crippen LogP contribution is 2.32. The van der Waals surface area contributed by atoms with Crippen molar-refractivity contribution in [3.63, 3.8) is 0 Å². The lowest BCUT2D eigenvalue weighted by Gasteiger charge is -2.42. The molecule has 3 fully saturated rings. The summed E-state index contributed by atoms with van der Waals surface area (Å²) in [6.07, 6.45) is 9.69. The molecule has 2 aliphatic heterocycles. The van der Waals surface area contributed by atoms with E-state index in [2.05, 4.69) is 29.2 Å². The van der Waals surface area contributed by atoms with Crippen LogP contribution in [0.15, 0.2) is 12.3 Å². The number of carbonyl (C=O) groups excluding carboxylic acids is 1. The molecule has 0 radical (unpaired) electrons. The van der Waals surface area contributed by atoms with Crippen molar-refractivity contribution >= 4 is 18.3 Å². The van der Waals surface area contributed by atoms with Crippen LogP contribution in [0.5, 0.6) is 0 Å². The second kappa shape index (κ2) is 10.3. The second-order valence-electron chi connectivity index (χ2n) is 9.32. The molecule has 3 heterocycles. The maximum atomic E-state index is 12.9. The Balaban J connectivity index is 0.00000240. The molecule has 3 aliphatic rings. The molecule has 0 spiro atoms. The number of aromatic nitrogens is 2. The summed E-state index contributed by atoms with van der Waals surface area (Å²) in [5, 5.41) is 8.03. The summed E-state index contributed by atoms with van der Waals surface area (Å²) in [6, 6.07) is 3.01. The smallest absolute Gasteiger partial charge is 0.274 e. The van der Waals surface area contributed by atoms with Gasteiger partial charge in [-0.15, -0.1) is 12.4 Å². The van der Waals surface area contributed by atoms with E-state index in [9.17, 15) is 4.79 Å². The van der Waals surface area contributed by atoms with Gasteiger partial charge in [-0.1, -0.05) is 13.8 Å². The number of hydrogen-bond acceptors (Lipinski definition) is 4. The molecule has 1 amide bonds. The first-order valence-electron chi connectivity index (χ1n) is 11.4. The number of hydrogen-bond donors (Lipinski definition) is 1. The van der Waals surface area contributed by atoms with Gasteiger partial charge in [-0.25, -0.2) is 0 Å². The zero-order valence-electron chi connectivity index (χ0n) is 18.1. The lowest BCUT2D eigenvalue weighted by Crippen LogP contribution is -2.52. The van der Waals surface area contributed by atoms with E-state index < -0.39 is 0 Å². The molecule has 2 saturated heterocycles. The maximum Gasteiger partial charge on any atom is 0.274 e. The van der Waals surface area contributed by atoms with Crippen LogP contribution < -0.4 is 5.32 Å². The summed E-state index contributed by atoms with van der Waals surface area (Å²) in [7, 11) is 0. The summed E-state index contributed by atoms with van der Waals surface area (Å²) < 4.78 is 1.99. The molecule has 0 aromatic carbocycles. The fraction of sp³-hybridized carbons (Fsp3) is 0.818. The molecule has 1 saturated carbocycles. The molecule has 6 nitrogen and oxygen atoms in total. The van der Waals surface area contributed by atoms with Crippen molar-refractivity contribution in [2.45, 2.75) is 64.5 Å². The summed E-state index contributed by atoms with van der Waals surface area (Å²) >= 11 is 0. The van der Waals surface area contributed by atoms with Crippen LogP contribution in [0, 0.1) is 11.8 Å². The minimum atomic E-state index is 0. The highest BCUT2D eigenvalue weighted by atomic mass is 35.5. The molecule has 1 aromatic heterocycles. The third-order valence-electron chi connectivity index (χ3n) is 7.27. The largest absolute Gasteiger partial charge is 0.335 e. The number of nitrogens with zero attached hydrogens (tertiary/aromatic N) is 4. The Morgan fingerprint density at radius 1 is 1.07 bits per heavy atom. The molecule has 1 unspecified atom stereocenters. The highest BCUT2D eigenvalue weighted by molar-refractivity contribution is 5.92. The van der Waals surface area contributed by atoms with E-state index in [1.54, 1.807) is 0 Å². The van der Waals surface area contributed by atoms with Crippen LogP contribution in [0.4, 0.5) is 0 Å². The summed E-state index contributed by atoms with van der Waals surface area (Å²) in [6.45, 7) is 10.5. The predicted molar refractivity (Wildman–Crippen MR) is 119 cm³/mol. The van der Waals surface area contributed by atoms with Crippen LogP contribution in [0.25, 0.3) is 0 Å². The van der Waals surface area contributed by atoms with Crippen molar-refractivity contribution < 1.29 is 4.79 Å². The van der Waals surface area contributed by atoms with Crippen molar-refractivity contribution in [1.82, 2.24) is 24.9 Å². The van der Waals surface area contributed by atoms with Gasteiger partial charge in [0.25, 0.3) is 5.91 Å². The van der Waals surface area contributed by atoms with E-state index >= 15 is 0 Å². The number of nitrogens with one attached hydrogen (secondary N) is 1. The summed E-state index contributed by atoms with van der Waals surface area (Å²) in [5.41, 5.74) is 0.608. The lowest BCUT2D eigenvalue weighted by atomic mass is 9.79. The Bertz CT molecular complexity index is 641. The van der Waals surface area contributed by atoms with Gasteiger partial charge in [0.15, 0.2) is 0 Å². The van der Waals surface area contributed by atoms with Crippen molar-refractivity contribution in [3.8, 4) is 0 Å². The molecule has 1 aromatic rings. The topological polar surface area (TPSA) is 53.4 Å². The van der Waals surface area contributed by atoms with Gasteiger partial charge >= 0.3 is 0 Å². The number of carbonyl (C=O) groups is 1. The molecule has 164 valence electrons. The Morgan fingerprint density at radius 3 is 2.41 bits per heavy atom. The minimum Gasteiger partial charge on any atom is -0.335 e. The number of rotatable bonds is 4. The molecule has 0 bridgehead atoms. The predicted octanol–water partition coefficient (Wildman–Crippen LogP) is 3.20. The Hall–Kier alpha value is -1.11. The minimum absolute atomic E-state index is 0. The summed E-state index contributed by atoms with van der Waals surface area (Å²) in [5.74, 6) is 1.83. The zero-order chi connectivity index (χ0) is 19.5. The molecule has 1 atom stereocenters. The quantitative estimate of drug-likeness (QED) is 0.807. The summed E-state index contributed by atoms with van der Waals surface area (Å²) in [4.78, 5) is 17.5. The molecule has 7 heteroatoms. The lowest BCUT2D eigenvalue weighted by molar-refractivity contribution is 0.0472. The van der Waals surface area contributed by atoms with E-state index in [0.717, 1.165) is 63.6 Å². The molecular formula is C22H38ClN5O. The van der Waals surface area contributed by atoms with Gasteiger partial charge in [0.1, 0.15) is 5.69 Å². The van der Waals surface area contributed by atoms with E-state index in [-0.39, 0.29) is 18.3 Å². The van der Waals surface area contributed by atoms with Crippen molar-refractivity contribution in [1.29, 1.82) is 0 Å². The molecule has 4 rings (SSSR count). The van der Waals surface area contributed by atoms with Crippen LogP contribution in [0.3, 0.4) is 0 Å². The van der Waals surface area contributed by atoms with Gasteiger partial charge in [0, 0.05) is 45.0 Å². The van der Waals surface area contributed by atoms with Gasteiger partial charge in [-0.2, -0.15) is 5.10 Å². The van der Waals surface area contributed by atoms with Gasteiger partial charge < -0.3 is 10.2 Å². The van der Waals surface area contributed by atoms with Crippen LogP contribution >= 0.6 is 12.4 Å². The zero-order valence-corrected chi connectivity index (χ0v) is 18.9. The average molecular weight is 424 g/mol. The molecule has 29 heavy (non-hydrogen) atoms. The Labute approximate surface area is 181 Å². The highest BCUT2D eigenvalue weighted by Gasteiger charge is 2.31. The number of amides is 1. The first-order valence-corrected chi connectivity index (χ1v) is 11.4. The van der Waals surface area contributed by atoms with Gasteiger partial charge in [0.05, 0.1) is 6.04 Å². The second-order valence-corrected chi connectivity index (χ2v) is 9.32. The number of piperidine rings is 1. The van der Waals surface area contributed by atoms with E-state index in [1.807, 2.05) is 21.8 Å². The third-order valence-corrected chi connectivity index (χ3v) is 7.27. The van der Waals surface area contributed by atoms with Crippen LogP contribution in [-0.4, -0.2) is 70.8 Å². The number of piperazine rings is 1. The maximum absolute atomic E-state index is 12.9. The SMILES string of the molecule is CC(C)C1CCC(N2CCN(C(=O)c3ccn(C4CCCNC4)n3)CC2)CC1.Cl. The van der Waals surface area contributed by atoms with Gasteiger partial charge in [-0.05, 0) is 63.0 Å². The van der Waals surface area contributed by atoms with Gasteiger partial charge in [0.2, 0.25) is 0 Å². The normalized spacial score (nSPS) is 28.9. The van der Waals surface area contributed by atoms with Crippen molar-refractivity contribution in [2.75, 3.05) is 39.3 Å². The van der Waals surface area contributed by atoms with E-state index in [0.29, 0.717) is 11.7 Å². The average Bonchev–Trinajstić information content (AvgIpc) is 3.24. The molecule has 1 N–H and O–H groups in total. The fourth-order valence-corrected chi connectivity index (χ4v) is 5.30. The van der Waals surface area contributed by atoms with Crippen LogP contribution in [0.1, 0.15) is 68.9 Å². The first-order chi connectivity index (χ1) is 13.6. The molecular weight excluding hydrogens is 386 g/mol. The fourth-order valence-electron chi connectivity index (χ4n) is 5.30.